The Bertz CT molecular complexity index is 676. The third-order valence-electron chi connectivity index (χ3n) is 2.82. The molecule has 0 aliphatic carbocycles. The van der Waals surface area contributed by atoms with Crippen molar-refractivity contribution in [2.45, 2.75) is 0 Å². The molecule has 0 fully saturated rings. The number of nitrogens with one attached hydrogen (secondary N) is 1. The number of ether oxygens (including phenoxy) is 2. The molecule has 4 nitrogen and oxygen atoms in total. The van der Waals surface area contributed by atoms with Gasteiger partial charge in [-0.25, -0.2) is 4.39 Å². The number of hydrogen-bond donors (Lipinski definition) is 1. The van der Waals surface area contributed by atoms with E-state index < -0.39 is 11.7 Å². The number of anilines is 1. The molecule has 1 N–H and O–H groups in total. The average molecular weight is 310 g/mol. The van der Waals surface area contributed by atoms with Gasteiger partial charge in [-0.15, -0.1) is 0 Å². The Balaban J connectivity index is 2.21. The second-order valence-corrected chi connectivity index (χ2v) is 4.56. The number of carbonyl (C=O) groups excluding carboxylic acids is 1. The van der Waals surface area contributed by atoms with Crippen molar-refractivity contribution in [3.8, 4) is 11.5 Å². The smallest absolute Gasteiger partial charge is 0.255 e. The van der Waals surface area contributed by atoms with Gasteiger partial charge in [-0.3, -0.25) is 4.79 Å². The Kier molecular flexibility index (Phi) is 4.65. The van der Waals surface area contributed by atoms with Gasteiger partial charge in [-0.1, -0.05) is 11.6 Å². The van der Waals surface area contributed by atoms with E-state index in [0.717, 1.165) is 6.07 Å². The maximum atomic E-state index is 13.1. The summed E-state index contributed by atoms with van der Waals surface area (Å²) in [7, 11) is 3.03. The number of halogens is 2. The van der Waals surface area contributed by atoms with Gasteiger partial charge in [-0.05, 0) is 30.3 Å². The first-order chi connectivity index (χ1) is 10.0. The Hall–Kier alpha value is -2.27. The minimum atomic E-state index is -0.570. The van der Waals surface area contributed by atoms with Crippen LogP contribution >= 0.6 is 11.6 Å². The van der Waals surface area contributed by atoms with Crippen molar-refractivity contribution >= 4 is 23.2 Å². The normalized spacial score (nSPS) is 10.1. The molecule has 21 heavy (non-hydrogen) atoms. The molecule has 0 bridgehead atoms. The lowest BCUT2D eigenvalue weighted by Gasteiger charge is -2.10. The first-order valence-electron chi connectivity index (χ1n) is 6.03. The van der Waals surface area contributed by atoms with E-state index in [2.05, 4.69) is 5.32 Å². The fourth-order valence-corrected chi connectivity index (χ4v) is 1.94. The van der Waals surface area contributed by atoms with Crippen LogP contribution in [0, 0.1) is 5.82 Å². The van der Waals surface area contributed by atoms with E-state index in [1.54, 1.807) is 18.2 Å². The third kappa shape index (κ3) is 3.44. The number of methoxy groups -OCH3 is 2. The van der Waals surface area contributed by atoms with Crippen LogP contribution in [-0.4, -0.2) is 20.1 Å². The summed E-state index contributed by atoms with van der Waals surface area (Å²) in [6, 6.07) is 8.74. The highest BCUT2D eigenvalue weighted by Crippen LogP contribution is 2.30. The van der Waals surface area contributed by atoms with Crippen molar-refractivity contribution in [1.82, 2.24) is 0 Å². The van der Waals surface area contributed by atoms with Crippen molar-refractivity contribution in [2.24, 2.45) is 0 Å². The first kappa shape index (κ1) is 15.1. The van der Waals surface area contributed by atoms with Crippen LogP contribution in [-0.2, 0) is 0 Å². The molecule has 0 saturated carbocycles. The zero-order chi connectivity index (χ0) is 15.4. The molecule has 0 spiro atoms. The molecule has 0 aromatic heterocycles. The summed E-state index contributed by atoms with van der Waals surface area (Å²) in [5.74, 6) is 0.0798. The van der Waals surface area contributed by atoms with Crippen LogP contribution in [0.5, 0.6) is 11.5 Å². The van der Waals surface area contributed by atoms with Gasteiger partial charge in [0.15, 0.2) is 11.5 Å². The van der Waals surface area contributed by atoms with E-state index in [1.165, 1.54) is 26.4 Å². The monoisotopic (exact) mass is 309 g/mol. The summed E-state index contributed by atoms with van der Waals surface area (Å²) in [6.45, 7) is 0. The second kappa shape index (κ2) is 6.45. The zero-order valence-electron chi connectivity index (χ0n) is 11.4. The fourth-order valence-electron chi connectivity index (χ4n) is 1.75. The van der Waals surface area contributed by atoms with Crippen LogP contribution in [0.25, 0.3) is 0 Å². The minimum absolute atomic E-state index is 0.102. The van der Waals surface area contributed by atoms with Crippen LogP contribution in [0.4, 0.5) is 10.1 Å². The van der Waals surface area contributed by atoms with Crippen LogP contribution in [0.15, 0.2) is 36.4 Å². The highest BCUT2D eigenvalue weighted by molar-refractivity contribution is 6.31. The van der Waals surface area contributed by atoms with E-state index in [9.17, 15) is 9.18 Å². The van der Waals surface area contributed by atoms with Gasteiger partial charge in [0.25, 0.3) is 5.91 Å². The third-order valence-corrected chi connectivity index (χ3v) is 3.11. The summed E-state index contributed by atoms with van der Waals surface area (Å²) in [5.41, 5.74) is 0.786. The van der Waals surface area contributed by atoms with Gasteiger partial charge in [0.1, 0.15) is 5.82 Å². The Morgan fingerprint density at radius 2 is 1.81 bits per heavy atom. The molecule has 0 radical (unpaired) electrons. The molecule has 0 aliphatic rings. The lowest BCUT2D eigenvalue weighted by Crippen LogP contribution is -2.12. The second-order valence-electron chi connectivity index (χ2n) is 4.15. The molecule has 0 atom stereocenters. The summed E-state index contributed by atoms with van der Waals surface area (Å²) >= 11 is 5.66. The summed E-state index contributed by atoms with van der Waals surface area (Å²) in [5, 5.41) is 2.57. The van der Waals surface area contributed by atoms with Crippen LogP contribution in [0.2, 0.25) is 5.02 Å². The molecule has 6 heteroatoms. The predicted molar refractivity (Wildman–Crippen MR) is 78.9 cm³/mol. The number of carbonyl (C=O) groups is 1. The van der Waals surface area contributed by atoms with Gasteiger partial charge in [0.2, 0.25) is 0 Å². The largest absolute Gasteiger partial charge is 0.493 e. The molecule has 0 heterocycles. The maximum absolute atomic E-state index is 13.1. The SMILES string of the molecule is COc1ccc(NC(=O)c2ccc(F)c(Cl)c2)cc1OC. The van der Waals surface area contributed by atoms with Crippen LogP contribution in [0.1, 0.15) is 10.4 Å². The van der Waals surface area contributed by atoms with Gasteiger partial charge >= 0.3 is 0 Å². The van der Waals surface area contributed by atoms with Crippen molar-refractivity contribution in [1.29, 1.82) is 0 Å². The van der Waals surface area contributed by atoms with Gasteiger partial charge in [0.05, 0.1) is 19.2 Å². The minimum Gasteiger partial charge on any atom is -0.493 e. The van der Waals surface area contributed by atoms with Gasteiger partial charge < -0.3 is 14.8 Å². The zero-order valence-corrected chi connectivity index (χ0v) is 12.2. The molecule has 110 valence electrons. The van der Waals surface area contributed by atoms with E-state index in [0.29, 0.717) is 17.2 Å². The Labute approximate surface area is 126 Å². The summed E-state index contributed by atoms with van der Waals surface area (Å²) in [6.07, 6.45) is 0. The van der Waals surface area contributed by atoms with Crippen molar-refractivity contribution in [3.05, 3.63) is 52.8 Å². The number of hydrogen-bond acceptors (Lipinski definition) is 3. The van der Waals surface area contributed by atoms with Crippen molar-refractivity contribution in [2.75, 3.05) is 19.5 Å². The molecule has 2 rings (SSSR count). The van der Waals surface area contributed by atoms with E-state index in [1.807, 2.05) is 0 Å². The number of rotatable bonds is 4. The summed E-state index contributed by atoms with van der Waals surface area (Å²) in [4.78, 5) is 12.1. The van der Waals surface area contributed by atoms with Gasteiger partial charge in [-0.2, -0.15) is 0 Å². The predicted octanol–water partition coefficient (Wildman–Crippen LogP) is 3.75. The standard InChI is InChI=1S/C15H13ClFNO3/c1-20-13-6-4-10(8-14(13)21-2)18-15(19)9-3-5-12(17)11(16)7-9/h3-8H,1-2H3,(H,18,19). The van der Waals surface area contributed by atoms with Crippen molar-refractivity contribution in [3.63, 3.8) is 0 Å². The highest BCUT2D eigenvalue weighted by atomic mass is 35.5. The van der Waals surface area contributed by atoms with E-state index in [4.69, 9.17) is 21.1 Å². The van der Waals surface area contributed by atoms with E-state index >= 15 is 0 Å². The lowest BCUT2D eigenvalue weighted by atomic mass is 10.2. The van der Waals surface area contributed by atoms with Crippen LogP contribution < -0.4 is 14.8 Å². The van der Waals surface area contributed by atoms with Crippen molar-refractivity contribution < 1.29 is 18.7 Å². The molecule has 0 saturated heterocycles. The number of amides is 1. The lowest BCUT2D eigenvalue weighted by molar-refractivity contribution is 0.102. The Morgan fingerprint density at radius 1 is 1.10 bits per heavy atom. The molecule has 2 aromatic carbocycles. The maximum Gasteiger partial charge on any atom is 0.255 e. The Morgan fingerprint density at radius 3 is 2.43 bits per heavy atom. The molecule has 0 aliphatic heterocycles. The van der Waals surface area contributed by atoms with Crippen LogP contribution in [0.3, 0.4) is 0 Å². The number of benzene rings is 2. The topological polar surface area (TPSA) is 47.6 Å². The molecule has 1 amide bonds. The van der Waals surface area contributed by atoms with E-state index in [-0.39, 0.29) is 10.6 Å². The molecular formula is C15H13ClFNO3. The first-order valence-corrected chi connectivity index (χ1v) is 6.41. The molecule has 2 aromatic rings. The van der Waals surface area contributed by atoms with Gasteiger partial charge in [0, 0.05) is 17.3 Å². The molecular weight excluding hydrogens is 297 g/mol. The highest BCUT2D eigenvalue weighted by Gasteiger charge is 2.11. The quantitative estimate of drug-likeness (QED) is 0.935. The average Bonchev–Trinajstić information content (AvgIpc) is 2.49. The molecule has 0 unspecified atom stereocenters. The summed E-state index contributed by atoms with van der Waals surface area (Å²) < 4.78 is 23.3. The fraction of sp³-hybridized carbons (Fsp3) is 0.133.